The van der Waals surface area contributed by atoms with Gasteiger partial charge in [0.05, 0.1) is 0 Å². The van der Waals surface area contributed by atoms with Crippen molar-refractivity contribution >= 4 is 11.6 Å². The summed E-state index contributed by atoms with van der Waals surface area (Å²) in [4.78, 5) is 11.6. The molecule has 0 atom stereocenters. The van der Waals surface area contributed by atoms with E-state index in [-0.39, 0.29) is 11.6 Å². The van der Waals surface area contributed by atoms with Crippen molar-refractivity contribution in [3.8, 4) is 0 Å². The molecule has 0 fully saturated rings. The Morgan fingerprint density at radius 2 is 2.12 bits per heavy atom. The predicted molar refractivity (Wildman–Crippen MR) is 58.2 cm³/mol. The van der Waals surface area contributed by atoms with E-state index in [2.05, 4.69) is 20.3 Å². The van der Waals surface area contributed by atoms with E-state index in [1.165, 1.54) is 11.8 Å². The third kappa shape index (κ3) is 2.08. The number of aryl methyl sites for hydroxylation is 2. The quantitative estimate of drug-likeness (QED) is 0.834. The van der Waals surface area contributed by atoms with Gasteiger partial charge in [0, 0.05) is 5.69 Å². The van der Waals surface area contributed by atoms with Crippen LogP contribution in [0.4, 0.5) is 5.69 Å². The van der Waals surface area contributed by atoms with Crippen molar-refractivity contribution in [3.05, 3.63) is 41.2 Å². The van der Waals surface area contributed by atoms with Gasteiger partial charge in [-0.25, -0.2) is 4.63 Å². The largest absolute Gasteiger partial charge is 0.320 e. The maximum Gasteiger partial charge on any atom is 0.279 e. The van der Waals surface area contributed by atoms with Crippen LogP contribution < -0.4 is 5.32 Å². The van der Waals surface area contributed by atoms with Crippen molar-refractivity contribution < 1.29 is 9.42 Å². The first kappa shape index (κ1) is 10.4. The van der Waals surface area contributed by atoms with Gasteiger partial charge in [0.2, 0.25) is 0 Å². The summed E-state index contributed by atoms with van der Waals surface area (Å²) in [5.41, 5.74) is 3.20. The molecule has 0 radical (unpaired) electrons. The average Bonchev–Trinajstić information content (AvgIpc) is 2.77. The van der Waals surface area contributed by atoms with Crippen LogP contribution in [0.5, 0.6) is 0 Å². The fraction of sp³-hybridized carbons (Fsp3) is 0.182. The molecular weight excluding hydrogens is 206 g/mol. The van der Waals surface area contributed by atoms with Gasteiger partial charge in [-0.15, -0.1) is 0 Å². The minimum atomic E-state index is -0.329. The lowest BCUT2D eigenvalue weighted by Gasteiger charge is -2.05. The first-order valence-corrected chi connectivity index (χ1v) is 4.83. The van der Waals surface area contributed by atoms with E-state index in [1.54, 1.807) is 0 Å². The normalized spacial score (nSPS) is 10.1. The van der Waals surface area contributed by atoms with E-state index in [0.717, 1.165) is 11.3 Å². The molecule has 0 saturated carbocycles. The number of amides is 1. The number of anilines is 1. The Balaban J connectivity index is 2.15. The lowest BCUT2D eigenvalue weighted by molar-refractivity contribution is 0.101. The lowest BCUT2D eigenvalue weighted by Crippen LogP contribution is -2.12. The average molecular weight is 217 g/mol. The highest BCUT2D eigenvalue weighted by Gasteiger charge is 2.10. The zero-order valence-corrected chi connectivity index (χ0v) is 9.02. The number of benzene rings is 1. The summed E-state index contributed by atoms with van der Waals surface area (Å²) in [6.45, 7) is 4.01. The summed E-state index contributed by atoms with van der Waals surface area (Å²) < 4.78 is 4.36. The molecule has 0 aliphatic rings. The Morgan fingerprint density at radius 3 is 2.75 bits per heavy atom. The minimum absolute atomic E-state index is 0.165. The van der Waals surface area contributed by atoms with E-state index in [1.807, 2.05) is 32.0 Å². The van der Waals surface area contributed by atoms with Crippen LogP contribution >= 0.6 is 0 Å². The number of hydrogen-bond donors (Lipinski definition) is 1. The summed E-state index contributed by atoms with van der Waals surface area (Å²) >= 11 is 0. The number of hydrogen-bond acceptors (Lipinski definition) is 4. The highest BCUT2D eigenvalue weighted by atomic mass is 16.6. The second-order valence-electron chi connectivity index (χ2n) is 3.55. The van der Waals surface area contributed by atoms with Gasteiger partial charge in [-0.2, -0.15) is 0 Å². The SMILES string of the molecule is Cc1ccc(NC(=O)c2cnon2)cc1C. The molecule has 2 aromatic rings. The van der Waals surface area contributed by atoms with Crippen LogP contribution in [0.25, 0.3) is 0 Å². The summed E-state index contributed by atoms with van der Waals surface area (Å²) in [6.07, 6.45) is 1.27. The van der Waals surface area contributed by atoms with Crippen molar-refractivity contribution in [2.45, 2.75) is 13.8 Å². The zero-order chi connectivity index (χ0) is 11.5. The van der Waals surface area contributed by atoms with Crippen molar-refractivity contribution in [2.75, 3.05) is 5.32 Å². The molecule has 1 N–H and O–H groups in total. The van der Waals surface area contributed by atoms with E-state index in [0.29, 0.717) is 0 Å². The topological polar surface area (TPSA) is 68.0 Å². The summed E-state index contributed by atoms with van der Waals surface area (Å²) in [5.74, 6) is -0.329. The number of carbonyl (C=O) groups excluding carboxylic acids is 1. The molecule has 1 amide bonds. The molecule has 82 valence electrons. The van der Waals surface area contributed by atoms with E-state index in [9.17, 15) is 4.79 Å². The second kappa shape index (κ2) is 4.14. The van der Waals surface area contributed by atoms with Crippen LogP contribution in [0.15, 0.2) is 29.0 Å². The lowest BCUT2D eigenvalue weighted by atomic mass is 10.1. The molecule has 0 aliphatic carbocycles. The molecular formula is C11H11N3O2. The van der Waals surface area contributed by atoms with Gasteiger partial charge < -0.3 is 5.32 Å². The van der Waals surface area contributed by atoms with Crippen LogP contribution in [0, 0.1) is 13.8 Å². The van der Waals surface area contributed by atoms with E-state index < -0.39 is 0 Å². The predicted octanol–water partition coefficient (Wildman–Crippen LogP) is 1.94. The number of rotatable bonds is 2. The Morgan fingerprint density at radius 1 is 1.31 bits per heavy atom. The first-order chi connectivity index (χ1) is 7.66. The Kier molecular flexibility index (Phi) is 2.68. The van der Waals surface area contributed by atoms with Crippen LogP contribution in [0.3, 0.4) is 0 Å². The molecule has 0 spiro atoms. The van der Waals surface area contributed by atoms with Gasteiger partial charge in [0.1, 0.15) is 6.20 Å². The van der Waals surface area contributed by atoms with Crippen LogP contribution in [0.2, 0.25) is 0 Å². The molecule has 5 heteroatoms. The molecule has 1 aromatic carbocycles. The maximum absolute atomic E-state index is 11.6. The zero-order valence-electron chi connectivity index (χ0n) is 9.02. The molecule has 0 aliphatic heterocycles. The van der Waals surface area contributed by atoms with Crippen molar-refractivity contribution in [3.63, 3.8) is 0 Å². The van der Waals surface area contributed by atoms with E-state index >= 15 is 0 Å². The summed E-state index contributed by atoms with van der Waals surface area (Å²) in [7, 11) is 0. The first-order valence-electron chi connectivity index (χ1n) is 4.83. The minimum Gasteiger partial charge on any atom is -0.320 e. The van der Waals surface area contributed by atoms with Crippen molar-refractivity contribution in [1.29, 1.82) is 0 Å². The smallest absolute Gasteiger partial charge is 0.279 e. The van der Waals surface area contributed by atoms with Crippen LogP contribution in [0.1, 0.15) is 21.6 Å². The van der Waals surface area contributed by atoms with Crippen LogP contribution in [-0.2, 0) is 0 Å². The third-order valence-electron chi connectivity index (χ3n) is 2.36. The Labute approximate surface area is 92.4 Å². The van der Waals surface area contributed by atoms with Gasteiger partial charge >= 0.3 is 0 Å². The molecule has 0 unspecified atom stereocenters. The molecule has 0 bridgehead atoms. The Hall–Kier alpha value is -2.17. The number of nitrogens with one attached hydrogen (secondary N) is 1. The van der Waals surface area contributed by atoms with E-state index in [4.69, 9.17) is 0 Å². The van der Waals surface area contributed by atoms with Crippen molar-refractivity contribution in [1.82, 2.24) is 10.3 Å². The number of carbonyl (C=O) groups is 1. The molecule has 1 aromatic heterocycles. The van der Waals surface area contributed by atoms with Crippen molar-refractivity contribution in [2.24, 2.45) is 0 Å². The van der Waals surface area contributed by atoms with Gasteiger partial charge in [0.15, 0.2) is 5.69 Å². The molecule has 2 rings (SSSR count). The highest BCUT2D eigenvalue weighted by molar-refractivity contribution is 6.02. The van der Waals surface area contributed by atoms with Gasteiger partial charge in [-0.05, 0) is 42.3 Å². The molecule has 0 saturated heterocycles. The van der Waals surface area contributed by atoms with Crippen LogP contribution in [-0.4, -0.2) is 16.2 Å². The van der Waals surface area contributed by atoms with Gasteiger partial charge in [0.25, 0.3) is 5.91 Å². The van der Waals surface area contributed by atoms with Gasteiger partial charge in [-0.3, -0.25) is 4.79 Å². The van der Waals surface area contributed by atoms with Gasteiger partial charge in [-0.1, -0.05) is 11.2 Å². The standard InChI is InChI=1S/C11H11N3O2/c1-7-3-4-9(5-8(7)2)13-11(15)10-6-12-16-14-10/h3-6H,1-2H3,(H,13,15). The molecule has 5 nitrogen and oxygen atoms in total. The monoisotopic (exact) mass is 217 g/mol. The molecule has 1 heterocycles. The molecule has 16 heavy (non-hydrogen) atoms. The second-order valence-corrected chi connectivity index (χ2v) is 3.55. The number of nitrogens with zero attached hydrogens (tertiary/aromatic N) is 2. The maximum atomic E-state index is 11.6. The summed E-state index contributed by atoms with van der Waals surface area (Å²) in [6, 6.07) is 5.69. The number of aromatic nitrogens is 2. The third-order valence-corrected chi connectivity index (χ3v) is 2.36. The fourth-order valence-electron chi connectivity index (χ4n) is 1.28. The highest BCUT2D eigenvalue weighted by Crippen LogP contribution is 2.14. The summed E-state index contributed by atoms with van der Waals surface area (Å²) in [5, 5.41) is 9.53. The fourth-order valence-corrected chi connectivity index (χ4v) is 1.28. The Bertz CT molecular complexity index is 506.